The van der Waals surface area contributed by atoms with Gasteiger partial charge in [0, 0.05) is 5.56 Å². The summed E-state index contributed by atoms with van der Waals surface area (Å²) in [5.41, 5.74) is 1.68. The number of aryl methyl sites for hydroxylation is 1. The topological polar surface area (TPSA) is 38.3 Å². The number of amides is 1. The summed E-state index contributed by atoms with van der Waals surface area (Å²) in [7, 11) is 0. The van der Waals surface area contributed by atoms with E-state index >= 15 is 0 Å². The fourth-order valence-electron chi connectivity index (χ4n) is 1.80. The average molecular weight is 314 g/mol. The van der Waals surface area contributed by atoms with E-state index in [2.05, 4.69) is 17.2 Å². The molecule has 0 fully saturated rings. The van der Waals surface area contributed by atoms with Gasteiger partial charge in [0.15, 0.2) is 0 Å². The SMILES string of the molecule is Cc1cccc(C(=O)NCC#CCOc2ccccc2Cl)c1. The van der Waals surface area contributed by atoms with Crippen molar-refractivity contribution in [1.82, 2.24) is 5.32 Å². The number of carbonyl (C=O) groups is 1. The van der Waals surface area contributed by atoms with E-state index in [4.69, 9.17) is 16.3 Å². The second-order valence-corrected chi connectivity index (χ2v) is 5.03. The van der Waals surface area contributed by atoms with Crippen molar-refractivity contribution < 1.29 is 9.53 Å². The summed E-state index contributed by atoms with van der Waals surface area (Å²) in [6, 6.07) is 14.6. The standard InChI is InChI=1S/C18H16ClNO2/c1-14-7-6-8-15(13-14)18(21)20-11-4-5-12-22-17-10-3-2-9-16(17)19/h2-3,6-10,13H,11-12H2,1H3,(H,20,21). The highest BCUT2D eigenvalue weighted by atomic mass is 35.5. The molecule has 0 radical (unpaired) electrons. The van der Waals surface area contributed by atoms with Crippen LogP contribution in [-0.2, 0) is 0 Å². The van der Waals surface area contributed by atoms with Gasteiger partial charge in [-0.15, -0.1) is 0 Å². The number of rotatable bonds is 4. The summed E-state index contributed by atoms with van der Waals surface area (Å²) in [6.07, 6.45) is 0. The first-order valence-corrected chi connectivity index (χ1v) is 7.22. The third kappa shape index (κ3) is 4.83. The predicted octanol–water partition coefficient (Wildman–Crippen LogP) is 3.46. The Labute approximate surface area is 135 Å². The van der Waals surface area contributed by atoms with Crippen molar-refractivity contribution in [2.45, 2.75) is 6.92 Å². The van der Waals surface area contributed by atoms with E-state index in [0.717, 1.165) is 5.56 Å². The average Bonchev–Trinajstić information content (AvgIpc) is 2.52. The molecule has 0 saturated heterocycles. The first-order valence-electron chi connectivity index (χ1n) is 6.85. The Morgan fingerprint density at radius 2 is 2.00 bits per heavy atom. The van der Waals surface area contributed by atoms with Gasteiger partial charge in [-0.1, -0.05) is 53.3 Å². The molecule has 1 amide bonds. The van der Waals surface area contributed by atoms with Crippen molar-refractivity contribution in [3.8, 4) is 17.6 Å². The number of para-hydroxylation sites is 1. The van der Waals surface area contributed by atoms with Crippen LogP contribution in [0.3, 0.4) is 0 Å². The van der Waals surface area contributed by atoms with Crippen LogP contribution in [0.15, 0.2) is 48.5 Å². The molecule has 22 heavy (non-hydrogen) atoms. The molecule has 0 unspecified atom stereocenters. The van der Waals surface area contributed by atoms with E-state index in [1.54, 1.807) is 18.2 Å². The molecule has 1 N–H and O–H groups in total. The number of benzene rings is 2. The van der Waals surface area contributed by atoms with Gasteiger partial charge in [0.05, 0.1) is 11.6 Å². The maximum absolute atomic E-state index is 11.9. The van der Waals surface area contributed by atoms with Crippen LogP contribution in [-0.4, -0.2) is 19.1 Å². The molecule has 0 aromatic heterocycles. The quantitative estimate of drug-likeness (QED) is 0.878. The fourth-order valence-corrected chi connectivity index (χ4v) is 1.99. The third-order valence-electron chi connectivity index (χ3n) is 2.88. The molecule has 2 aromatic rings. The van der Waals surface area contributed by atoms with Crippen molar-refractivity contribution in [2.75, 3.05) is 13.2 Å². The van der Waals surface area contributed by atoms with Crippen LogP contribution in [0.1, 0.15) is 15.9 Å². The van der Waals surface area contributed by atoms with Gasteiger partial charge in [0.2, 0.25) is 0 Å². The van der Waals surface area contributed by atoms with Gasteiger partial charge >= 0.3 is 0 Å². The van der Waals surface area contributed by atoms with E-state index < -0.39 is 0 Å². The molecule has 0 aliphatic carbocycles. The zero-order valence-electron chi connectivity index (χ0n) is 12.2. The van der Waals surface area contributed by atoms with Crippen LogP contribution in [0.25, 0.3) is 0 Å². The van der Waals surface area contributed by atoms with Gasteiger partial charge < -0.3 is 10.1 Å². The summed E-state index contributed by atoms with van der Waals surface area (Å²) in [4.78, 5) is 11.9. The largest absolute Gasteiger partial charge is 0.479 e. The van der Waals surface area contributed by atoms with Crippen LogP contribution >= 0.6 is 11.6 Å². The molecular formula is C18H16ClNO2. The minimum Gasteiger partial charge on any atom is -0.479 e. The maximum Gasteiger partial charge on any atom is 0.252 e. The molecule has 3 nitrogen and oxygen atoms in total. The predicted molar refractivity (Wildman–Crippen MR) is 88.2 cm³/mol. The van der Waals surface area contributed by atoms with Gasteiger partial charge in [0.1, 0.15) is 12.4 Å². The Bertz CT molecular complexity index is 716. The second-order valence-electron chi connectivity index (χ2n) is 4.62. The Kier molecular flexibility index (Phi) is 5.88. The minimum atomic E-state index is -0.134. The summed E-state index contributed by atoms with van der Waals surface area (Å²) >= 11 is 5.96. The molecule has 2 aromatic carbocycles. The molecular weight excluding hydrogens is 298 g/mol. The van der Waals surface area contributed by atoms with Gasteiger partial charge in [-0.05, 0) is 31.2 Å². The second kappa shape index (κ2) is 8.11. The first kappa shape index (κ1) is 15.9. The lowest BCUT2D eigenvalue weighted by Gasteiger charge is -2.03. The summed E-state index contributed by atoms with van der Waals surface area (Å²) in [6.45, 7) is 2.45. The lowest BCUT2D eigenvalue weighted by molar-refractivity contribution is 0.0958. The molecule has 0 bridgehead atoms. The summed E-state index contributed by atoms with van der Waals surface area (Å²) in [5, 5.41) is 3.29. The highest BCUT2D eigenvalue weighted by Crippen LogP contribution is 2.22. The van der Waals surface area contributed by atoms with Crippen molar-refractivity contribution >= 4 is 17.5 Å². The molecule has 0 atom stereocenters. The van der Waals surface area contributed by atoms with E-state index in [-0.39, 0.29) is 19.1 Å². The van der Waals surface area contributed by atoms with Crippen LogP contribution in [0.2, 0.25) is 5.02 Å². The Morgan fingerprint density at radius 3 is 2.77 bits per heavy atom. The minimum absolute atomic E-state index is 0.134. The number of ether oxygens (including phenoxy) is 1. The molecule has 4 heteroatoms. The summed E-state index contributed by atoms with van der Waals surface area (Å²) in [5.74, 6) is 6.14. The van der Waals surface area contributed by atoms with Crippen LogP contribution in [0, 0.1) is 18.8 Å². The molecule has 2 rings (SSSR count). The molecule has 0 spiro atoms. The summed E-state index contributed by atoms with van der Waals surface area (Å²) < 4.78 is 5.43. The number of carbonyl (C=O) groups excluding carboxylic acids is 1. The maximum atomic E-state index is 11.9. The number of hydrogen-bond acceptors (Lipinski definition) is 2. The zero-order valence-corrected chi connectivity index (χ0v) is 13.0. The number of nitrogens with one attached hydrogen (secondary N) is 1. The van der Waals surface area contributed by atoms with E-state index in [1.807, 2.05) is 37.3 Å². The normalized spacial score (nSPS) is 9.55. The molecule has 0 aliphatic heterocycles. The Balaban J connectivity index is 1.75. The van der Waals surface area contributed by atoms with Crippen LogP contribution < -0.4 is 10.1 Å². The van der Waals surface area contributed by atoms with Crippen molar-refractivity contribution in [1.29, 1.82) is 0 Å². The van der Waals surface area contributed by atoms with E-state index in [1.165, 1.54) is 0 Å². The number of hydrogen-bond donors (Lipinski definition) is 1. The van der Waals surface area contributed by atoms with Crippen molar-refractivity contribution in [2.24, 2.45) is 0 Å². The molecule has 112 valence electrons. The number of halogens is 1. The molecule has 0 saturated carbocycles. The monoisotopic (exact) mass is 313 g/mol. The van der Waals surface area contributed by atoms with Gasteiger partial charge in [0.25, 0.3) is 5.91 Å². The Hall–Kier alpha value is -2.44. The zero-order chi connectivity index (χ0) is 15.8. The van der Waals surface area contributed by atoms with Crippen molar-refractivity contribution in [3.05, 3.63) is 64.7 Å². The van der Waals surface area contributed by atoms with Gasteiger partial charge in [-0.2, -0.15) is 0 Å². The van der Waals surface area contributed by atoms with Gasteiger partial charge in [-0.25, -0.2) is 0 Å². The highest BCUT2D eigenvalue weighted by Gasteiger charge is 2.03. The smallest absolute Gasteiger partial charge is 0.252 e. The third-order valence-corrected chi connectivity index (χ3v) is 3.19. The van der Waals surface area contributed by atoms with Crippen LogP contribution in [0.5, 0.6) is 5.75 Å². The lowest BCUT2D eigenvalue weighted by atomic mass is 10.1. The first-order chi connectivity index (χ1) is 10.7. The lowest BCUT2D eigenvalue weighted by Crippen LogP contribution is -2.23. The molecule has 0 aliphatic rings. The molecule has 0 heterocycles. The van der Waals surface area contributed by atoms with Crippen molar-refractivity contribution in [3.63, 3.8) is 0 Å². The Morgan fingerprint density at radius 1 is 1.18 bits per heavy atom. The van der Waals surface area contributed by atoms with E-state index in [0.29, 0.717) is 16.3 Å². The van der Waals surface area contributed by atoms with Gasteiger partial charge in [-0.3, -0.25) is 4.79 Å². The fraction of sp³-hybridized carbons (Fsp3) is 0.167. The highest BCUT2D eigenvalue weighted by molar-refractivity contribution is 6.32. The van der Waals surface area contributed by atoms with Crippen LogP contribution in [0.4, 0.5) is 0 Å². The van der Waals surface area contributed by atoms with E-state index in [9.17, 15) is 4.79 Å².